The average Bonchev–Trinajstić information content (AvgIpc) is 2.16. The number of ether oxygens (including phenoxy) is 1. The van der Waals surface area contributed by atoms with Gasteiger partial charge in [-0.05, 0) is 25.1 Å². The first-order valence-corrected chi connectivity index (χ1v) is 4.78. The van der Waals surface area contributed by atoms with Gasteiger partial charge in [-0.1, -0.05) is 11.6 Å². The number of nitrogens with two attached hydrogens (primary N) is 1. The van der Waals surface area contributed by atoms with Crippen LogP contribution >= 0.6 is 11.6 Å². The van der Waals surface area contributed by atoms with Crippen molar-refractivity contribution in [2.45, 2.75) is 13.0 Å². The van der Waals surface area contributed by atoms with Crippen LogP contribution in [0, 0.1) is 0 Å². The molecular formula is C10H10ClNO4. The second-order valence-corrected chi connectivity index (χ2v) is 3.55. The molecule has 0 radical (unpaired) electrons. The number of aromatic hydroxyl groups is 1. The Hall–Kier alpha value is -1.75. The van der Waals surface area contributed by atoms with Crippen LogP contribution in [-0.4, -0.2) is 23.1 Å². The van der Waals surface area contributed by atoms with E-state index in [9.17, 15) is 14.7 Å². The van der Waals surface area contributed by atoms with E-state index in [1.54, 1.807) is 0 Å². The van der Waals surface area contributed by atoms with E-state index in [1.807, 2.05) is 0 Å². The van der Waals surface area contributed by atoms with Crippen LogP contribution in [0.2, 0.25) is 5.02 Å². The van der Waals surface area contributed by atoms with Crippen molar-refractivity contribution in [1.82, 2.24) is 0 Å². The molecule has 0 aromatic heterocycles. The van der Waals surface area contributed by atoms with Crippen molar-refractivity contribution < 1.29 is 19.4 Å². The fraction of sp³-hybridized carbons (Fsp3) is 0.200. The molecule has 3 N–H and O–H groups in total. The second kappa shape index (κ2) is 4.85. The Morgan fingerprint density at radius 1 is 1.50 bits per heavy atom. The zero-order chi connectivity index (χ0) is 12.3. The maximum atomic E-state index is 11.5. The summed E-state index contributed by atoms with van der Waals surface area (Å²) < 4.78 is 4.70. The van der Waals surface area contributed by atoms with Gasteiger partial charge in [-0.3, -0.25) is 4.79 Å². The van der Waals surface area contributed by atoms with E-state index >= 15 is 0 Å². The van der Waals surface area contributed by atoms with Crippen LogP contribution < -0.4 is 5.73 Å². The zero-order valence-corrected chi connectivity index (χ0v) is 9.19. The van der Waals surface area contributed by atoms with Gasteiger partial charge in [0.05, 0.1) is 0 Å². The summed E-state index contributed by atoms with van der Waals surface area (Å²) in [7, 11) is 0. The number of hydrogen-bond acceptors (Lipinski definition) is 4. The number of amides is 1. The number of rotatable bonds is 3. The molecule has 0 aliphatic rings. The van der Waals surface area contributed by atoms with Crippen molar-refractivity contribution in [3.8, 4) is 5.75 Å². The third-order valence-electron chi connectivity index (χ3n) is 1.86. The van der Waals surface area contributed by atoms with Gasteiger partial charge >= 0.3 is 5.97 Å². The number of carbonyl (C=O) groups is 2. The number of hydrogen-bond donors (Lipinski definition) is 2. The van der Waals surface area contributed by atoms with Gasteiger partial charge in [-0.2, -0.15) is 0 Å². The highest BCUT2D eigenvalue weighted by molar-refractivity contribution is 6.30. The monoisotopic (exact) mass is 243 g/mol. The van der Waals surface area contributed by atoms with E-state index in [4.69, 9.17) is 22.1 Å². The molecule has 0 saturated heterocycles. The first-order valence-electron chi connectivity index (χ1n) is 4.40. The van der Waals surface area contributed by atoms with Gasteiger partial charge in [0.2, 0.25) is 0 Å². The largest absolute Gasteiger partial charge is 0.507 e. The summed E-state index contributed by atoms with van der Waals surface area (Å²) >= 11 is 5.59. The molecule has 5 nitrogen and oxygen atoms in total. The van der Waals surface area contributed by atoms with E-state index in [0.717, 1.165) is 0 Å². The molecule has 1 amide bonds. The fourth-order valence-corrected chi connectivity index (χ4v) is 1.13. The highest BCUT2D eigenvalue weighted by Crippen LogP contribution is 2.22. The molecule has 0 aliphatic carbocycles. The minimum Gasteiger partial charge on any atom is -0.507 e. The standard InChI is InChI=1S/C10H10ClNO4/c1-5(9(12)14)16-10(15)7-3-2-6(11)4-8(7)13/h2-5,13H,1H3,(H2,12,14). The molecule has 6 heteroatoms. The smallest absolute Gasteiger partial charge is 0.342 e. The van der Waals surface area contributed by atoms with E-state index in [0.29, 0.717) is 0 Å². The minimum atomic E-state index is -1.05. The molecule has 86 valence electrons. The Morgan fingerprint density at radius 2 is 2.12 bits per heavy atom. The first kappa shape index (κ1) is 12.3. The Labute approximate surface area is 96.8 Å². The van der Waals surface area contributed by atoms with Crippen molar-refractivity contribution >= 4 is 23.5 Å². The summed E-state index contributed by atoms with van der Waals surface area (Å²) in [5.74, 6) is -1.91. The molecule has 1 unspecified atom stereocenters. The quantitative estimate of drug-likeness (QED) is 0.778. The number of phenolic OH excluding ortho intramolecular Hbond substituents is 1. The number of esters is 1. The van der Waals surface area contributed by atoms with Crippen molar-refractivity contribution in [3.63, 3.8) is 0 Å². The fourth-order valence-electron chi connectivity index (χ4n) is 0.960. The highest BCUT2D eigenvalue weighted by atomic mass is 35.5. The molecular weight excluding hydrogens is 234 g/mol. The van der Waals surface area contributed by atoms with Crippen LogP contribution in [0.25, 0.3) is 0 Å². The highest BCUT2D eigenvalue weighted by Gasteiger charge is 2.18. The predicted octanol–water partition coefficient (Wildman–Crippen LogP) is 1.08. The lowest BCUT2D eigenvalue weighted by molar-refractivity contribution is -0.125. The molecule has 0 fully saturated rings. The Kier molecular flexibility index (Phi) is 3.73. The number of carbonyl (C=O) groups excluding carboxylic acids is 2. The lowest BCUT2D eigenvalue weighted by atomic mass is 10.2. The summed E-state index contributed by atoms with van der Waals surface area (Å²) in [6.45, 7) is 1.34. The molecule has 1 rings (SSSR count). The SMILES string of the molecule is CC(OC(=O)c1ccc(Cl)cc1O)C(N)=O. The summed E-state index contributed by atoms with van der Waals surface area (Å²) in [5.41, 5.74) is 4.85. The summed E-state index contributed by atoms with van der Waals surface area (Å²) in [6.07, 6.45) is -1.05. The Balaban J connectivity index is 2.85. The van der Waals surface area contributed by atoms with Crippen molar-refractivity contribution in [2.75, 3.05) is 0 Å². The van der Waals surface area contributed by atoms with Gasteiger partial charge in [-0.15, -0.1) is 0 Å². The zero-order valence-electron chi connectivity index (χ0n) is 8.44. The lowest BCUT2D eigenvalue weighted by Gasteiger charge is -2.10. The number of phenols is 1. The normalized spacial score (nSPS) is 11.9. The van der Waals surface area contributed by atoms with Gasteiger partial charge in [0.25, 0.3) is 5.91 Å². The van der Waals surface area contributed by atoms with Crippen LogP contribution in [0.3, 0.4) is 0 Å². The van der Waals surface area contributed by atoms with E-state index in [-0.39, 0.29) is 16.3 Å². The van der Waals surface area contributed by atoms with E-state index < -0.39 is 18.0 Å². The molecule has 1 aromatic rings. The van der Waals surface area contributed by atoms with Crippen LogP contribution in [0.15, 0.2) is 18.2 Å². The molecule has 0 aliphatic heterocycles. The predicted molar refractivity (Wildman–Crippen MR) is 57.2 cm³/mol. The molecule has 16 heavy (non-hydrogen) atoms. The molecule has 1 atom stereocenters. The van der Waals surface area contributed by atoms with Crippen molar-refractivity contribution in [2.24, 2.45) is 5.73 Å². The molecule has 0 heterocycles. The summed E-state index contributed by atoms with van der Waals surface area (Å²) in [5, 5.41) is 9.70. The van der Waals surface area contributed by atoms with Gasteiger partial charge < -0.3 is 15.6 Å². The van der Waals surface area contributed by atoms with Gasteiger partial charge in [0.15, 0.2) is 6.10 Å². The van der Waals surface area contributed by atoms with Gasteiger partial charge in [0, 0.05) is 5.02 Å². The third-order valence-corrected chi connectivity index (χ3v) is 2.10. The molecule has 0 spiro atoms. The maximum absolute atomic E-state index is 11.5. The summed E-state index contributed by atoms with van der Waals surface area (Å²) in [6, 6.07) is 3.92. The molecule has 0 bridgehead atoms. The minimum absolute atomic E-state index is 0.0718. The number of halogens is 1. The number of benzene rings is 1. The lowest BCUT2D eigenvalue weighted by Crippen LogP contribution is -2.30. The Morgan fingerprint density at radius 3 is 2.62 bits per heavy atom. The maximum Gasteiger partial charge on any atom is 0.342 e. The van der Waals surface area contributed by atoms with Crippen molar-refractivity contribution in [1.29, 1.82) is 0 Å². The van der Waals surface area contributed by atoms with Crippen LogP contribution in [0.1, 0.15) is 17.3 Å². The average molecular weight is 244 g/mol. The van der Waals surface area contributed by atoms with E-state index in [2.05, 4.69) is 0 Å². The second-order valence-electron chi connectivity index (χ2n) is 3.11. The number of primary amides is 1. The third kappa shape index (κ3) is 2.87. The first-order chi connectivity index (χ1) is 7.41. The Bertz CT molecular complexity index is 433. The summed E-state index contributed by atoms with van der Waals surface area (Å²) in [4.78, 5) is 22.1. The topological polar surface area (TPSA) is 89.6 Å². The van der Waals surface area contributed by atoms with Crippen molar-refractivity contribution in [3.05, 3.63) is 28.8 Å². The molecule has 1 aromatic carbocycles. The van der Waals surface area contributed by atoms with Gasteiger partial charge in [0.1, 0.15) is 11.3 Å². The van der Waals surface area contributed by atoms with Crippen LogP contribution in [0.4, 0.5) is 0 Å². The van der Waals surface area contributed by atoms with Crippen LogP contribution in [0.5, 0.6) is 5.75 Å². The van der Waals surface area contributed by atoms with E-state index in [1.165, 1.54) is 25.1 Å². The van der Waals surface area contributed by atoms with Gasteiger partial charge in [-0.25, -0.2) is 4.79 Å². The molecule has 0 saturated carbocycles. The van der Waals surface area contributed by atoms with Crippen LogP contribution in [-0.2, 0) is 9.53 Å².